The fourth-order valence-corrected chi connectivity index (χ4v) is 2.84. The van der Waals surface area contributed by atoms with E-state index in [0.29, 0.717) is 31.5 Å². The number of nitrogens with zero attached hydrogens (tertiary/aromatic N) is 2. The Balaban J connectivity index is 2.02. The zero-order valence-corrected chi connectivity index (χ0v) is 13.3. The van der Waals surface area contributed by atoms with E-state index in [9.17, 15) is 23.7 Å². The monoisotopic (exact) mass is 342 g/mol. The minimum atomic E-state index is -2.37. The lowest BCUT2D eigenvalue weighted by molar-refractivity contribution is -0.384. The van der Waals surface area contributed by atoms with Crippen LogP contribution in [0.2, 0.25) is 0 Å². The second-order valence-electron chi connectivity index (χ2n) is 5.94. The number of aryl methyl sites for hydroxylation is 1. The van der Waals surface area contributed by atoms with E-state index < -0.39 is 17.3 Å². The summed E-state index contributed by atoms with van der Waals surface area (Å²) < 4.78 is 24.7. The predicted molar refractivity (Wildman–Crippen MR) is 85.2 cm³/mol. The second kappa shape index (κ2) is 7.52. The van der Waals surface area contributed by atoms with Crippen LogP contribution in [-0.4, -0.2) is 47.8 Å². The number of alkyl halides is 2. The Labute approximate surface area is 138 Å². The van der Waals surface area contributed by atoms with Crippen molar-refractivity contribution in [1.29, 1.82) is 0 Å². The summed E-state index contributed by atoms with van der Waals surface area (Å²) >= 11 is 0. The molecule has 0 saturated carbocycles. The molecule has 1 saturated heterocycles. The summed E-state index contributed by atoms with van der Waals surface area (Å²) in [6, 6.07) is 2.66. The molecule has 7 nitrogen and oxygen atoms in total. The molecule has 2 rings (SSSR count). The highest BCUT2D eigenvalue weighted by Crippen LogP contribution is 2.27. The van der Waals surface area contributed by atoms with Crippen LogP contribution in [0.25, 0.3) is 0 Å². The van der Waals surface area contributed by atoms with Gasteiger partial charge in [0.15, 0.2) is 0 Å². The first-order valence-corrected chi connectivity index (χ1v) is 7.63. The number of halogens is 2. The number of nitro benzene ring substituents is 1. The number of hydrogen-bond donors (Lipinski definition) is 2. The Kier molecular flexibility index (Phi) is 5.66. The number of anilines is 1. The van der Waals surface area contributed by atoms with Crippen LogP contribution < -0.4 is 11.1 Å². The number of nitrogen functional groups attached to an aromatic ring is 1. The third kappa shape index (κ3) is 4.38. The van der Waals surface area contributed by atoms with Crippen LogP contribution in [0.1, 0.15) is 28.8 Å². The van der Waals surface area contributed by atoms with Crippen molar-refractivity contribution in [2.75, 3.05) is 25.4 Å². The maximum Gasteiger partial charge on any atom is 0.293 e. The van der Waals surface area contributed by atoms with E-state index in [1.54, 1.807) is 11.8 Å². The largest absolute Gasteiger partial charge is 0.393 e. The first-order chi connectivity index (χ1) is 11.3. The molecule has 0 aromatic heterocycles. The molecule has 3 N–H and O–H groups in total. The topological polar surface area (TPSA) is 102 Å². The second-order valence-corrected chi connectivity index (χ2v) is 5.94. The Morgan fingerprint density at radius 3 is 2.62 bits per heavy atom. The first-order valence-electron chi connectivity index (χ1n) is 7.63. The van der Waals surface area contributed by atoms with Crippen LogP contribution in [0.15, 0.2) is 12.1 Å². The molecular weight excluding hydrogens is 322 g/mol. The Bertz CT molecular complexity index is 631. The normalized spacial score (nSPS) is 16.3. The molecular formula is C15H20F2N4O3. The molecule has 1 fully saturated rings. The summed E-state index contributed by atoms with van der Waals surface area (Å²) in [4.78, 5) is 24.4. The van der Waals surface area contributed by atoms with Gasteiger partial charge in [-0.3, -0.25) is 19.8 Å². The number of likely N-dealkylation sites (tertiary alicyclic amines) is 1. The molecule has 1 aromatic rings. The molecule has 24 heavy (non-hydrogen) atoms. The molecule has 0 spiro atoms. The van der Waals surface area contributed by atoms with E-state index in [4.69, 9.17) is 5.73 Å². The fourth-order valence-electron chi connectivity index (χ4n) is 2.84. The van der Waals surface area contributed by atoms with Gasteiger partial charge >= 0.3 is 0 Å². The molecule has 132 valence electrons. The number of nitro groups is 1. The Morgan fingerprint density at radius 2 is 2.08 bits per heavy atom. The van der Waals surface area contributed by atoms with Gasteiger partial charge in [0.25, 0.3) is 18.0 Å². The third-order valence-corrected chi connectivity index (χ3v) is 4.06. The summed E-state index contributed by atoms with van der Waals surface area (Å²) in [6.45, 7) is 2.32. The Morgan fingerprint density at radius 1 is 1.46 bits per heavy atom. The zero-order valence-electron chi connectivity index (χ0n) is 13.3. The molecule has 1 heterocycles. The van der Waals surface area contributed by atoms with E-state index in [1.165, 1.54) is 12.1 Å². The van der Waals surface area contributed by atoms with Crippen molar-refractivity contribution < 1.29 is 18.5 Å². The van der Waals surface area contributed by atoms with Crippen LogP contribution in [0, 0.1) is 17.0 Å². The Hall–Kier alpha value is -2.29. The van der Waals surface area contributed by atoms with Crippen LogP contribution in [0.5, 0.6) is 0 Å². The molecule has 1 aliphatic rings. The lowest BCUT2D eigenvalue weighted by Gasteiger charge is -2.32. The number of hydrogen-bond acceptors (Lipinski definition) is 5. The summed E-state index contributed by atoms with van der Waals surface area (Å²) in [5.41, 5.74) is 5.90. The molecule has 0 bridgehead atoms. The minimum Gasteiger partial charge on any atom is -0.393 e. The standard InChI is InChI=1S/C15H20F2N4O3/c1-9-6-11(14(18)12(7-9)21(23)24)15(22)19-10-2-4-20(5-3-10)8-13(16)17/h6-7,10,13H,2-5,8,18H2,1H3,(H,19,22). The number of piperidine rings is 1. The van der Waals surface area contributed by atoms with E-state index in [2.05, 4.69) is 5.32 Å². The van der Waals surface area contributed by atoms with Gasteiger partial charge in [0, 0.05) is 25.2 Å². The SMILES string of the molecule is Cc1cc(C(=O)NC2CCN(CC(F)F)CC2)c(N)c([N+](=O)[O-])c1. The number of nitrogens with two attached hydrogens (primary N) is 1. The number of carbonyl (C=O) groups excluding carboxylic acids is 1. The highest BCUT2D eigenvalue weighted by Gasteiger charge is 2.25. The molecule has 0 radical (unpaired) electrons. The van der Waals surface area contributed by atoms with E-state index in [-0.39, 0.29) is 29.5 Å². The van der Waals surface area contributed by atoms with Crippen LogP contribution in [0.3, 0.4) is 0 Å². The molecule has 9 heteroatoms. The summed E-state index contributed by atoms with van der Waals surface area (Å²) in [5, 5.41) is 13.8. The van der Waals surface area contributed by atoms with Gasteiger partial charge in [-0.25, -0.2) is 8.78 Å². The lowest BCUT2D eigenvalue weighted by Crippen LogP contribution is -2.45. The van der Waals surface area contributed by atoms with Crippen molar-refractivity contribution >= 4 is 17.3 Å². The molecule has 0 aliphatic carbocycles. The predicted octanol–water partition coefficient (Wildman–Crippen LogP) is 1.94. The van der Waals surface area contributed by atoms with Gasteiger partial charge in [-0.2, -0.15) is 0 Å². The molecule has 1 amide bonds. The fraction of sp³-hybridized carbons (Fsp3) is 0.533. The number of nitrogens with one attached hydrogen (secondary N) is 1. The van der Waals surface area contributed by atoms with E-state index in [0.717, 1.165) is 0 Å². The lowest BCUT2D eigenvalue weighted by atomic mass is 10.0. The maximum atomic E-state index is 12.4. The summed E-state index contributed by atoms with van der Waals surface area (Å²) in [5.74, 6) is -0.480. The molecule has 0 unspecified atom stereocenters. The van der Waals surface area contributed by atoms with Gasteiger partial charge < -0.3 is 11.1 Å². The minimum absolute atomic E-state index is 0.0664. The van der Waals surface area contributed by atoms with Crippen molar-refractivity contribution in [1.82, 2.24) is 10.2 Å². The quantitative estimate of drug-likeness (QED) is 0.484. The van der Waals surface area contributed by atoms with Gasteiger partial charge in [-0.1, -0.05) is 0 Å². The third-order valence-electron chi connectivity index (χ3n) is 4.06. The number of carbonyl (C=O) groups is 1. The zero-order chi connectivity index (χ0) is 17.9. The van der Waals surface area contributed by atoms with Crippen LogP contribution >= 0.6 is 0 Å². The number of benzene rings is 1. The van der Waals surface area contributed by atoms with Gasteiger partial charge in [0.1, 0.15) is 5.69 Å². The van der Waals surface area contributed by atoms with Crippen molar-refractivity contribution in [3.63, 3.8) is 0 Å². The average Bonchev–Trinajstić information content (AvgIpc) is 2.50. The smallest absolute Gasteiger partial charge is 0.293 e. The molecule has 0 atom stereocenters. The van der Waals surface area contributed by atoms with Crippen molar-refractivity contribution in [3.8, 4) is 0 Å². The van der Waals surface area contributed by atoms with Gasteiger partial charge in [0.05, 0.1) is 17.0 Å². The van der Waals surface area contributed by atoms with E-state index >= 15 is 0 Å². The summed E-state index contributed by atoms with van der Waals surface area (Å²) in [6.07, 6.45) is -1.28. The first kappa shape index (κ1) is 18.1. The average molecular weight is 342 g/mol. The van der Waals surface area contributed by atoms with Gasteiger partial charge in [0.2, 0.25) is 0 Å². The van der Waals surface area contributed by atoms with Crippen LogP contribution in [-0.2, 0) is 0 Å². The van der Waals surface area contributed by atoms with Crippen molar-refractivity contribution in [2.24, 2.45) is 0 Å². The van der Waals surface area contributed by atoms with Gasteiger partial charge in [-0.05, 0) is 31.4 Å². The van der Waals surface area contributed by atoms with Gasteiger partial charge in [-0.15, -0.1) is 0 Å². The highest BCUT2D eigenvalue weighted by atomic mass is 19.3. The number of rotatable bonds is 5. The molecule has 1 aliphatic heterocycles. The van der Waals surface area contributed by atoms with E-state index in [1.807, 2.05) is 0 Å². The van der Waals surface area contributed by atoms with Crippen molar-refractivity contribution in [3.05, 3.63) is 33.4 Å². The molecule has 1 aromatic carbocycles. The maximum absolute atomic E-state index is 12.4. The number of amides is 1. The summed E-state index contributed by atoms with van der Waals surface area (Å²) in [7, 11) is 0. The van der Waals surface area contributed by atoms with Crippen LogP contribution in [0.4, 0.5) is 20.2 Å². The van der Waals surface area contributed by atoms with Crippen molar-refractivity contribution in [2.45, 2.75) is 32.2 Å². The highest BCUT2D eigenvalue weighted by molar-refractivity contribution is 6.01.